The maximum Gasteiger partial charge on any atom is 0.320 e. The molecule has 0 radical (unpaired) electrons. The van der Waals surface area contributed by atoms with Crippen molar-refractivity contribution in [2.24, 2.45) is 5.92 Å². The standard InChI is InChI=1S/C15H20N2O3/c1-9-4-3-5-12(10(9)2)17-13(18)8-16-14(15(19)20)11-6-7-11/h3-5,11,14,16H,6-8H2,1-2H3,(H,17,18)(H,19,20). The van der Waals surface area contributed by atoms with Gasteiger partial charge in [0.05, 0.1) is 6.54 Å². The quantitative estimate of drug-likeness (QED) is 0.739. The zero-order chi connectivity index (χ0) is 14.7. The second kappa shape index (κ2) is 6.05. The lowest BCUT2D eigenvalue weighted by Gasteiger charge is -2.14. The van der Waals surface area contributed by atoms with Crippen molar-refractivity contribution in [3.63, 3.8) is 0 Å². The molecule has 0 spiro atoms. The van der Waals surface area contributed by atoms with Gasteiger partial charge in [-0.3, -0.25) is 14.9 Å². The van der Waals surface area contributed by atoms with Gasteiger partial charge < -0.3 is 10.4 Å². The van der Waals surface area contributed by atoms with Gasteiger partial charge in [0.15, 0.2) is 0 Å². The maximum absolute atomic E-state index is 11.9. The first-order valence-corrected chi connectivity index (χ1v) is 6.81. The van der Waals surface area contributed by atoms with E-state index in [1.807, 2.05) is 32.0 Å². The number of carbonyl (C=O) groups excluding carboxylic acids is 1. The first-order valence-electron chi connectivity index (χ1n) is 6.81. The predicted molar refractivity (Wildman–Crippen MR) is 76.7 cm³/mol. The van der Waals surface area contributed by atoms with Crippen molar-refractivity contribution in [1.82, 2.24) is 5.32 Å². The Kier molecular flexibility index (Phi) is 4.39. The van der Waals surface area contributed by atoms with E-state index in [9.17, 15) is 9.59 Å². The summed E-state index contributed by atoms with van der Waals surface area (Å²) in [6.45, 7) is 3.94. The number of rotatable bonds is 6. The lowest BCUT2D eigenvalue weighted by molar-refractivity contribution is -0.140. The molecular weight excluding hydrogens is 256 g/mol. The smallest absolute Gasteiger partial charge is 0.320 e. The van der Waals surface area contributed by atoms with Crippen LogP contribution in [-0.4, -0.2) is 29.6 Å². The van der Waals surface area contributed by atoms with Gasteiger partial charge in [-0.2, -0.15) is 0 Å². The van der Waals surface area contributed by atoms with Crippen molar-refractivity contribution >= 4 is 17.6 Å². The number of aliphatic carboxylic acids is 1. The summed E-state index contributed by atoms with van der Waals surface area (Å²) in [7, 11) is 0. The molecule has 1 aliphatic carbocycles. The minimum atomic E-state index is -0.882. The Labute approximate surface area is 118 Å². The van der Waals surface area contributed by atoms with Gasteiger partial charge in [0.1, 0.15) is 6.04 Å². The summed E-state index contributed by atoms with van der Waals surface area (Å²) < 4.78 is 0. The lowest BCUT2D eigenvalue weighted by atomic mass is 10.1. The van der Waals surface area contributed by atoms with Crippen LogP contribution in [0.25, 0.3) is 0 Å². The molecule has 0 saturated heterocycles. The third kappa shape index (κ3) is 3.57. The van der Waals surface area contributed by atoms with Crippen molar-refractivity contribution in [1.29, 1.82) is 0 Å². The highest BCUT2D eigenvalue weighted by Crippen LogP contribution is 2.32. The van der Waals surface area contributed by atoms with Crippen LogP contribution in [0.3, 0.4) is 0 Å². The molecule has 1 fully saturated rings. The second-order valence-electron chi connectivity index (χ2n) is 5.33. The van der Waals surface area contributed by atoms with Crippen molar-refractivity contribution in [3.05, 3.63) is 29.3 Å². The monoisotopic (exact) mass is 276 g/mol. The molecule has 1 atom stereocenters. The number of hydrogen-bond acceptors (Lipinski definition) is 3. The number of nitrogens with one attached hydrogen (secondary N) is 2. The third-order valence-electron chi connectivity index (χ3n) is 3.72. The molecule has 0 heterocycles. The molecule has 5 heteroatoms. The molecule has 1 aliphatic rings. The fourth-order valence-corrected chi connectivity index (χ4v) is 2.17. The molecule has 2 rings (SSSR count). The second-order valence-corrected chi connectivity index (χ2v) is 5.33. The fraction of sp³-hybridized carbons (Fsp3) is 0.467. The number of aryl methyl sites for hydroxylation is 1. The van der Waals surface area contributed by atoms with Gasteiger partial charge in [-0.25, -0.2) is 0 Å². The van der Waals surface area contributed by atoms with Crippen LogP contribution in [-0.2, 0) is 9.59 Å². The predicted octanol–water partition coefficient (Wildman–Crippen LogP) is 1.69. The normalized spacial score (nSPS) is 15.7. The molecular formula is C15H20N2O3. The number of carboxylic acid groups (broad SMARTS) is 1. The molecule has 20 heavy (non-hydrogen) atoms. The minimum Gasteiger partial charge on any atom is -0.480 e. The number of benzene rings is 1. The number of hydrogen-bond donors (Lipinski definition) is 3. The van der Waals surface area contributed by atoms with E-state index >= 15 is 0 Å². The molecule has 5 nitrogen and oxygen atoms in total. The zero-order valence-corrected chi connectivity index (χ0v) is 11.8. The van der Waals surface area contributed by atoms with E-state index in [-0.39, 0.29) is 18.4 Å². The Morgan fingerprint density at radius 3 is 2.65 bits per heavy atom. The summed E-state index contributed by atoms with van der Waals surface area (Å²) >= 11 is 0. The summed E-state index contributed by atoms with van der Waals surface area (Å²) in [6, 6.07) is 5.10. The van der Waals surface area contributed by atoms with Crippen LogP contribution >= 0.6 is 0 Å². The number of anilines is 1. The van der Waals surface area contributed by atoms with Gasteiger partial charge in [0.25, 0.3) is 0 Å². The topological polar surface area (TPSA) is 78.4 Å². The molecule has 108 valence electrons. The number of carboxylic acids is 1. The van der Waals surface area contributed by atoms with Gasteiger partial charge in [0, 0.05) is 5.69 Å². The van der Waals surface area contributed by atoms with E-state index < -0.39 is 12.0 Å². The average Bonchev–Trinajstić information content (AvgIpc) is 3.19. The Morgan fingerprint density at radius 1 is 1.35 bits per heavy atom. The lowest BCUT2D eigenvalue weighted by Crippen LogP contribution is -2.42. The summed E-state index contributed by atoms with van der Waals surface area (Å²) in [5, 5.41) is 14.7. The van der Waals surface area contributed by atoms with Gasteiger partial charge in [-0.05, 0) is 49.8 Å². The Balaban J connectivity index is 1.89. The molecule has 1 aromatic carbocycles. The van der Waals surface area contributed by atoms with E-state index in [4.69, 9.17) is 5.11 Å². The Morgan fingerprint density at radius 2 is 2.05 bits per heavy atom. The van der Waals surface area contributed by atoms with Gasteiger partial charge in [-0.15, -0.1) is 0 Å². The van der Waals surface area contributed by atoms with Crippen LogP contribution in [0.15, 0.2) is 18.2 Å². The molecule has 1 amide bonds. The Hall–Kier alpha value is -1.88. The van der Waals surface area contributed by atoms with Gasteiger partial charge >= 0.3 is 5.97 Å². The summed E-state index contributed by atoms with van der Waals surface area (Å²) in [5.74, 6) is -0.932. The molecule has 0 aromatic heterocycles. The van der Waals surface area contributed by atoms with E-state index in [2.05, 4.69) is 10.6 Å². The highest BCUT2D eigenvalue weighted by molar-refractivity contribution is 5.93. The summed E-state index contributed by atoms with van der Waals surface area (Å²) in [5.41, 5.74) is 2.91. The van der Waals surface area contributed by atoms with E-state index in [0.717, 1.165) is 29.7 Å². The van der Waals surface area contributed by atoms with Crippen LogP contribution in [0.5, 0.6) is 0 Å². The molecule has 0 bridgehead atoms. The molecule has 0 aliphatic heterocycles. The first-order chi connectivity index (χ1) is 9.49. The van der Waals surface area contributed by atoms with Crippen LogP contribution in [0.1, 0.15) is 24.0 Å². The van der Waals surface area contributed by atoms with E-state index in [1.165, 1.54) is 0 Å². The van der Waals surface area contributed by atoms with Gasteiger partial charge in [-0.1, -0.05) is 12.1 Å². The highest BCUT2D eigenvalue weighted by atomic mass is 16.4. The largest absolute Gasteiger partial charge is 0.480 e. The molecule has 3 N–H and O–H groups in total. The van der Waals surface area contributed by atoms with Crippen LogP contribution in [0.2, 0.25) is 0 Å². The first kappa shape index (κ1) is 14.5. The summed E-state index contributed by atoms with van der Waals surface area (Å²) in [4.78, 5) is 22.9. The van der Waals surface area contributed by atoms with Crippen LogP contribution in [0, 0.1) is 19.8 Å². The van der Waals surface area contributed by atoms with E-state index in [1.54, 1.807) is 0 Å². The third-order valence-corrected chi connectivity index (χ3v) is 3.72. The highest BCUT2D eigenvalue weighted by Gasteiger charge is 2.36. The fourth-order valence-electron chi connectivity index (χ4n) is 2.17. The van der Waals surface area contributed by atoms with Crippen LogP contribution < -0.4 is 10.6 Å². The molecule has 1 aromatic rings. The van der Waals surface area contributed by atoms with Crippen molar-refractivity contribution < 1.29 is 14.7 Å². The van der Waals surface area contributed by atoms with Crippen LogP contribution in [0.4, 0.5) is 5.69 Å². The average molecular weight is 276 g/mol. The zero-order valence-electron chi connectivity index (χ0n) is 11.8. The van der Waals surface area contributed by atoms with E-state index in [0.29, 0.717) is 0 Å². The molecule has 1 unspecified atom stereocenters. The maximum atomic E-state index is 11.9. The van der Waals surface area contributed by atoms with Crippen molar-refractivity contribution in [2.45, 2.75) is 32.7 Å². The van der Waals surface area contributed by atoms with Gasteiger partial charge in [0.2, 0.25) is 5.91 Å². The Bertz CT molecular complexity index is 524. The number of amides is 1. The van der Waals surface area contributed by atoms with Crippen molar-refractivity contribution in [2.75, 3.05) is 11.9 Å². The SMILES string of the molecule is Cc1cccc(NC(=O)CNC(C(=O)O)C2CC2)c1C. The number of carbonyl (C=O) groups is 2. The molecule has 1 saturated carbocycles. The summed E-state index contributed by atoms with van der Waals surface area (Å²) in [6.07, 6.45) is 1.84. The van der Waals surface area contributed by atoms with Crippen molar-refractivity contribution in [3.8, 4) is 0 Å². The minimum absolute atomic E-state index is 0.0147.